The van der Waals surface area contributed by atoms with Crippen LogP contribution in [0.3, 0.4) is 0 Å². The van der Waals surface area contributed by atoms with Crippen molar-refractivity contribution in [2.24, 2.45) is 0 Å². The van der Waals surface area contributed by atoms with Gasteiger partial charge < -0.3 is 10.4 Å². The summed E-state index contributed by atoms with van der Waals surface area (Å²) in [4.78, 5) is 4.11. The third-order valence-corrected chi connectivity index (χ3v) is 1.73. The lowest BCUT2D eigenvalue weighted by Crippen LogP contribution is -2.21. The fraction of sp³-hybridized carbons (Fsp3) is 0.300. The number of aryl methyl sites for hydroxylation is 1. The molecule has 0 spiro atoms. The van der Waals surface area contributed by atoms with E-state index in [9.17, 15) is 0 Å². The van der Waals surface area contributed by atoms with Gasteiger partial charge in [-0.3, -0.25) is 0 Å². The Morgan fingerprint density at radius 1 is 1.77 bits per heavy atom. The van der Waals surface area contributed by atoms with Gasteiger partial charge in [0.2, 0.25) is 0 Å². The van der Waals surface area contributed by atoms with Gasteiger partial charge in [0.25, 0.3) is 0 Å². The first-order valence-electron chi connectivity index (χ1n) is 4.19. The van der Waals surface area contributed by atoms with Crippen molar-refractivity contribution in [1.29, 1.82) is 0 Å². The molecule has 2 N–H and O–H groups in total. The van der Waals surface area contributed by atoms with E-state index in [2.05, 4.69) is 16.9 Å². The Morgan fingerprint density at radius 3 is 3.08 bits per heavy atom. The van der Waals surface area contributed by atoms with E-state index in [1.54, 1.807) is 12.3 Å². The van der Waals surface area contributed by atoms with Crippen molar-refractivity contribution in [2.45, 2.75) is 13.0 Å². The van der Waals surface area contributed by atoms with Gasteiger partial charge >= 0.3 is 0 Å². The SMILES string of the molecule is C=CC(CO)Nc1cc(C)ccn1. The van der Waals surface area contributed by atoms with Crippen LogP contribution in [-0.2, 0) is 0 Å². The molecule has 1 aromatic rings. The fourth-order valence-corrected chi connectivity index (χ4v) is 0.984. The van der Waals surface area contributed by atoms with Crippen LogP contribution in [0.25, 0.3) is 0 Å². The van der Waals surface area contributed by atoms with Crippen LogP contribution >= 0.6 is 0 Å². The van der Waals surface area contributed by atoms with Crippen LogP contribution in [0.5, 0.6) is 0 Å². The van der Waals surface area contributed by atoms with E-state index in [4.69, 9.17) is 5.11 Å². The van der Waals surface area contributed by atoms with E-state index in [0.29, 0.717) is 0 Å². The number of pyridine rings is 1. The van der Waals surface area contributed by atoms with E-state index in [1.165, 1.54) is 0 Å². The Morgan fingerprint density at radius 2 is 2.54 bits per heavy atom. The molecule has 0 saturated carbocycles. The minimum absolute atomic E-state index is 0.0269. The smallest absolute Gasteiger partial charge is 0.126 e. The summed E-state index contributed by atoms with van der Waals surface area (Å²) < 4.78 is 0. The molecular formula is C10H14N2O. The number of nitrogens with one attached hydrogen (secondary N) is 1. The van der Waals surface area contributed by atoms with E-state index >= 15 is 0 Å². The van der Waals surface area contributed by atoms with Gasteiger partial charge in [-0.15, -0.1) is 6.58 Å². The molecule has 0 amide bonds. The second-order valence-corrected chi connectivity index (χ2v) is 2.89. The predicted molar refractivity (Wildman–Crippen MR) is 53.7 cm³/mol. The molecule has 3 heteroatoms. The maximum atomic E-state index is 8.90. The number of rotatable bonds is 4. The molecule has 0 bridgehead atoms. The van der Waals surface area contributed by atoms with Crippen molar-refractivity contribution in [1.82, 2.24) is 4.98 Å². The average Bonchev–Trinajstić information content (AvgIpc) is 2.14. The molecule has 1 aromatic heterocycles. The standard InChI is InChI=1S/C10H14N2O/c1-3-9(7-13)12-10-6-8(2)4-5-11-10/h3-6,9,13H,1,7H2,2H3,(H,11,12). The maximum absolute atomic E-state index is 8.90. The molecule has 70 valence electrons. The van der Waals surface area contributed by atoms with Gasteiger partial charge in [0.05, 0.1) is 12.6 Å². The highest BCUT2D eigenvalue weighted by Crippen LogP contribution is 2.06. The third-order valence-electron chi connectivity index (χ3n) is 1.73. The average molecular weight is 178 g/mol. The Bertz CT molecular complexity index is 286. The van der Waals surface area contributed by atoms with Crippen molar-refractivity contribution in [2.75, 3.05) is 11.9 Å². The molecule has 13 heavy (non-hydrogen) atoms. The number of anilines is 1. The van der Waals surface area contributed by atoms with Crippen LogP contribution < -0.4 is 5.32 Å². The summed E-state index contributed by atoms with van der Waals surface area (Å²) in [5.74, 6) is 0.763. The van der Waals surface area contributed by atoms with Crippen molar-refractivity contribution in [3.05, 3.63) is 36.5 Å². The minimum Gasteiger partial charge on any atom is -0.394 e. The molecule has 0 fully saturated rings. The molecular weight excluding hydrogens is 164 g/mol. The third kappa shape index (κ3) is 2.87. The van der Waals surface area contributed by atoms with E-state index in [-0.39, 0.29) is 12.6 Å². The number of aliphatic hydroxyl groups is 1. The van der Waals surface area contributed by atoms with Crippen molar-refractivity contribution >= 4 is 5.82 Å². The molecule has 1 unspecified atom stereocenters. The molecule has 1 heterocycles. The van der Waals surface area contributed by atoms with Crippen LogP contribution in [0.1, 0.15) is 5.56 Å². The maximum Gasteiger partial charge on any atom is 0.126 e. The summed E-state index contributed by atoms with van der Waals surface area (Å²) in [5, 5.41) is 11.9. The van der Waals surface area contributed by atoms with Crippen LogP contribution in [-0.4, -0.2) is 22.7 Å². The molecule has 0 aromatic carbocycles. The summed E-state index contributed by atoms with van der Waals surface area (Å²) >= 11 is 0. The Hall–Kier alpha value is -1.35. The first-order chi connectivity index (χ1) is 6.26. The topological polar surface area (TPSA) is 45.1 Å². The van der Waals surface area contributed by atoms with Crippen LogP contribution in [0.2, 0.25) is 0 Å². The quantitative estimate of drug-likeness (QED) is 0.684. The zero-order valence-electron chi connectivity index (χ0n) is 7.70. The molecule has 0 saturated heterocycles. The number of aliphatic hydroxyl groups excluding tert-OH is 1. The van der Waals surface area contributed by atoms with Gasteiger partial charge in [-0.25, -0.2) is 4.98 Å². The van der Waals surface area contributed by atoms with Gasteiger partial charge in [0.15, 0.2) is 0 Å². The fourth-order valence-electron chi connectivity index (χ4n) is 0.984. The molecule has 0 aliphatic rings. The highest BCUT2D eigenvalue weighted by atomic mass is 16.3. The number of nitrogens with zero attached hydrogens (tertiary/aromatic N) is 1. The summed E-state index contributed by atoms with van der Waals surface area (Å²) in [6, 6.07) is 3.72. The van der Waals surface area contributed by atoms with Crippen LogP contribution in [0, 0.1) is 6.92 Å². The first-order valence-corrected chi connectivity index (χ1v) is 4.19. The summed E-state index contributed by atoms with van der Waals surface area (Å²) in [5.41, 5.74) is 1.14. The highest BCUT2D eigenvalue weighted by Gasteiger charge is 2.01. The molecule has 1 rings (SSSR count). The van der Waals surface area contributed by atoms with Crippen LogP contribution in [0.15, 0.2) is 31.0 Å². The zero-order chi connectivity index (χ0) is 9.68. The van der Waals surface area contributed by atoms with Gasteiger partial charge in [-0.2, -0.15) is 0 Å². The molecule has 3 nitrogen and oxygen atoms in total. The molecule has 1 atom stereocenters. The zero-order valence-corrected chi connectivity index (χ0v) is 7.70. The van der Waals surface area contributed by atoms with Crippen molar-refractivity contribution < 1.29 is 5.11 Å². The van der Waals surface area contributed by atoms with E-state index in [1.807, 2.05) is 19.1 Å². The molecule has 0 aliphatic heterocycles. The lowest BCUT2D eigenvalue weighted by atomic mass is 10.2. The normalized spacial score (nSPS) is 12.2. The lowest BCUT2D eigenvalue weighted by molar-refractivity contribution is 0.290. The molecule has 0 radical (unpaired) electrons. The monoisotopic (exact) mass is 178 g/mol. The minimum atomic E-state index is -0.130. The Kier molecular flexibility index (Phi) is 3.46. The first kappa shape index (κ1) is 9.74. The number of aromatic nitrogens is 1. The Balaban J connectivity index is 2.67. The second kappa shape index (κ2) is 4.62. The summed E-state index contributed by atoms with van der Waals surface area (Å²) in [6.45, 7) is 5.62. The van der Waals surface area contributed by atoms with Gasteiger partial charge in [0.1, 0.15) is 5.82 Å². The van der Waals surface area contributed by atoms with E-state index in [0.717, 1.165) is 11.4 Å². The molecule has 0 aliphatic carbocycles. The lowest BCUT2D eigenvalue weighted by Gasteiger charge is -2.12. The van der Waals surface area contributed by atoms with E-state index < -0.39 is 0 Å². The van der Waals surface area contributed by atoms with Crippen molar-refractivity contribution in [3.63, 3.8) is 0 Å². The second-order valence-electron chi connectivity index (χ2n) is 2.89. The largest absolute Gasteiger partial charge is 0.394 e. The van der Waals surface area contributed by atoms with Gasteiger partial charge in [-0.1, -0.05) is 6.08 Å². The summed E-state index contributed by atoms with van der Waals surface area (Å²) in [6.07, 6.45) is 3.39. The van der Waals surface area contributed by atoms with Gasteiger partial charge in [-0.05, 0) is 24.6 Å². The summed E-state index contributed by atoms with van der Waals surface area (Å²) in [7, 11) is 0. The van der Waals surface area contributed by atoms with Crippen molar-refractivity contribution in [3.8, 4) is 0 Å². The predicted octanol–water partition coefficient (Wildman–Crippen LogP) is 1.35. The highest BCUT2D eigenvalue weighted by molar-refractivity contribution is 5.39. The number of hydrogen-bond donors (Lipinski definition) is 2. The Labute approximate surface area is 78.1 Å². The number of hydrogen-bond acceptors (Lipinski definition) is 3. The van der Waals surface area contributed by atoms with Crippen LogP contribution in [0.4, 0.5) is 5.82 Å². The van der Waals surface area contributed by atoms with Gasteiger partial charge in [0, 0.05) is 6.20 Å².